The van der Waals surface area contributed by atoms with Gasteiger partial charge in [0.15, 0.2) is 0 Å². The summed E-state index contributed by atoms with van der Waals surface area (Å²) in [6, 6.07) is 5.00. The molecular formula is C20H29N3O. The number of likely N-dealkylation sites (tertiary alicyclic amines) is 2. The predicted octanol–water partition coefficient (Wildman–Crippen LogP) is 2.88. The molecule has 0 N–H and O–H groups in total. The van der Waals surface area contributed by atoms with Crippen LogP contribution in [0.25, 0.3) is 0 Å². The van der Waals surface area contributed by atoms with E-state index in [2.05, 4.69) is 14.8 Å². The fourth-order valence-electron chi connectivity index (χ4n) is 5.23. The van der Waals surface area contributed by atoms with E-state index < -0.39 is 0 Å². The Labute approximate surface area is 145 Å². The van der Waals surface area contributed by atoms with E-state index in [1.807, 2.05) is 12.1 Å². The highest BCUT2D eigenvalue weighted by Crippen LogP contribution is 2.38. The Morgan fingerprint density at radius 2 is 1.75 bits per heavy atom. The van der Waals surface area contributed by atoms with Crippen molar-refractivity contribution in [2.75, 3.05) is 19.6 Å². The minimum absolute atomic E-state index is 0.321. The molecule has 3 fully saturated rings. The molecule has 24 heavy (non-hydrogen) atoms. The molecule has 0 bridgehead atoms. The molecule has 1 saturated carbocycles. The zero-order valence-electron chi connectivity index (χ0n) is 14.6. The molecule has 2 saturated heterocycles. The van der Waals surface area contributed by atoms with Gasteiger partial charge in [0.2, 0.25) is 5.91 Å². The van der Waals surface area contributed by atoms with Crippen LogP contribution in [-0.4, -0.2) is 52.4 Å². The molecule has 0 aromatic carbocycles. The van der Waals surface area contributed by atoms with Crippen molar-refractivity contribution in [3.63, 3.8) is 0 Å². The summed E-state index contributed by atoms with van der Waals surface area (Å²) in [5.74, 6) is 1.04. The van der Waals surface area contributed by atoms with Crippen LogP contribution < -0.4 is 0 Å². The van der Waals surface area contributed by atoms with Gasteiger partial charge in [-0.15, -0.1) is 0 Å². The maximum absolute atomic E-state index is 13.1. The van der Waals surface area contributed by atoms with Crippen LogP contribution in [0.1, 0.15) is 50.5 Å². The standard InChI is InChI=1S/C20H29N3O/c24-19(15-16-8-10-21-11-9-16)23-14-4-6-17-5-3-7-18(20(17)23)22-12-1-2-13-22/h8-11,17-18,20H,1-7,12-15H2. The third kappa shape index (κ3) is 3.21. The van der Waals surface area contributed by atoms with Crippen LogP contribution in [0.4, 0.5) is 0 Å². The van der Waals surface area contributed by atoms with E-state index in [0.717, 1.165) is 18.0 Å². The minimum atomic E-state index is 0.321. The lowest BCUT2D eigenvalue weighted by Crippen LogP contribution is -2.60. The van der Waals surface area contributed by atoms with Gasteiger partial charge < -0.3 is 4.90 Å². The van der Waals surface area contributed by atoms with E-state index in [1.54, 1.807) is 12.4 Å². The quantitative estimate of drug-likeness (QED) is 0.856. The first-order valence-corrected chi connectivity index (χ1v) is 9.75. The van der Waals surface area contributed by atoms with E-state index >= 15 is 0 Å². The molecule has 1 amide bonds. The van der Waals surface area contributed by atoms with Crippen molar-refractivity contribution in [2.24, 2.45) is 5.92 Å². The number of hydrogen-bond donors (Lipinski definition) is 0. The highest BCUT2D eigenvalue weighted by atomic mass is 16.2. The Morgan fingerprint density at radius 1 is 1.00 bits per heavy atom. The lowest BCUT2D eigenvalue weighted by Gasteiger charge is -2.51. The molecule has 3 unspecified atom stereocenters. The van der Waals surface area contributed by atoms with Crippen molar-refractivity contribution >= 4 is 5.91 Å². The summed E-state index contributed by atoms with van der Waals surface area (Å²) < 4.78 is 0. The van der Waals surface area contributed by atoms with Crippen LogP contribution >= 0.6 is 0 Å². The number of hydrogen-bond acceptors (Lipinski definition) is 3. The SMILES string of the molecule is O=C(Cc1ccncc1)N1CCCC2CCCC(N3CCCC3)C21. The Kier molecular flexibility index (Phi) is 4.83. The zero-order chi connectivity index (χ0) is 16.4. The molecule has 2 aliphatic heterocycles. The number of rotatable bonds is 3. The first-order valence-electron chi connectivity index (χ1n) is 9.75. The number of fused-ring (bicyclic) bond motifs is 1. The second-order valence-electron chi connectivity index (χ2n) is 7.75. The first-order chi connectivity index (χ1) is 11.8. The van der Waals surface area contributed by atoms with Gasteiger partial charge in [-0.2, -0.15) is 0 Å². The number of carbonyl (C=O) groups is 1. The molecule has 4 rings (SSSR count). The molecule has 130 valence electrons. The average Bonchev–Trinajstić information content (AvgIpc) is 3.16. The summed E-state index contributed by atoms with van der Waals surface area (Å²) >= 11 is 0. The molecule has 4 nitrogen and oxygen atoms in total. The second kappa shape index (κ2) is 7.22. The van der Waals surface area contributed by atoms with Crippen molar-refractivity contribution in [3.05, 3.63) is 30.1 Å². The fourth-order valence-corrected chi connectivity index (χ4v) is 5.23. The Bertz CT molecular complexity index is 553. The van der Waals surface area contributed by atoms with Gasteiger partial charge in [0.1, 0.15) is 0 Å². The maximum atomic E-state index is 13.1. The summed E-state index contributed by atoms with van der Waals surface area (Å²) in [7, 11) is 0. The largest absolute Gasteiger partial charge is 0.338 e. The van der Waals surface area contributed by atoms with Gasteiger partial charge in [-0.3, -0.25) is 14.7 Å². The first kappa shape index (κ1) is 16.1. The molecule has 1 aromatic heterocycles. The molecule has 0 spiro atoms. The van der Waals surface area contributed by atoms with Crippen molar-refractivity contribution in [1.29, 1.82) is 0 Å². The Morgan fingerprint density at radius 3 is 2.54 bits per heavy atom. The normalized spacial score (nSPS) is 31.0. The molecule has 3 heterocycles. The van der Waals surface area contributed by atoms with Crippen LogP contribution in [0, 0.1) is 5.92 Å². The van der Waals surface area contributed by atoms with E-state index in [9.17, 15) is 4.79 Å². The Balaban J connectivity index is 1.52. The Hall–Kier alpha value is -1.42. The van der Waals surface area contributed by atoms with Crippen LogP contribution in [0.15, 0.2) is 24.5 Å². The van der Waals surface area contributed by atoms with Gasteiger partial charge in [0, 0.05) is 25.0 Å². The zero-order valence-corrected chi connectivity index (χ0v) is 14.6. The van der Waals surface area contributed by atoms with Crippen LogP contribution in [0.3, 0.4) is 0 Å². The van der Waals surface area contributed by atoms with E-state index in [0.29, 0.717) is 24.4 Å². The maximum Gasteiger partial charge on any atom is 0.227 e. The predicted molar refractivity (Wildman–Crippen MR) is 94.6 cm³/mol. The lowest BCUT2D eigenvalue weighted by atomic mass is 9.74. The average molecular weight is 327 g/mol. The van der Waals surface area contributed by atoms with Crippen LogP contribution in [-0.2, 0) is 11.2 Å². The van der Waals surface area contributed by atoms with Crippen molar-refractivity contribution < 1.29 is 4.79 Å². The van der Waals surface area contributed by atoms with Crippen LogP contribution in [0.2, 0.25) is 0 Å². The smallest absolute Gasteiger partial charge is 0.227 e. The third-order valence-electron chi connectivity index (χ3n) is 6.32. The van der Waals surface area contributed by atoms with Crippen molar-refractivity contribution in [2.45, 2.75) is 63.5 Å². The van der Waals surface area contributed by atoms with Gasteiger partial charge in [0.05, 0.1) is 12.5 Å². The number of carbonyl (C=O) groups excluding carboxylic acids is 1. The summed E-state index contributed by atoms with van der Waals surface area (Å²) in [4.78, 5) is 22.1. The van der Waals surface area contributed by atoms with Gasteiger partial charge in [0.25, 0.3) is 0 Å². The number of pyridine rings is 1. The van der Waals surface area contributed by atoms with Gasteiger partial charge in [-0.1, -0.05) is 6.42 Å². The molecule has 4 heteroatoms. The molecule has 0 radical (unpaired) electrons. The van der Waals surface area contributed by atoms with E-state index in [4.69, 9.17) is 0 Å². The molecule has 3 aliphatic rings. The fraction of sp³-hybridized carbons (Fsp3) is 0.700. The molecule has 1 aromatic rings. The minimum Gasteiger partial charge on any atom is -0.338 e. The van der Waals surface area contributed by atoms with Crippen LogP contribution in [0.5, 0.6) is 0 Å². The third-order valence-corrected chi connectivity index (χ3v) is 6.32. The summed E-state index contributed by atoms with van der Waals surface area (Å²) in [6.07, 6.45) is 13.2. The highest BCUT2D eigenvalue weighted by molar-refractivity contribution is 5.79. The highest BCUT2D eigenvalue weighted by Gasteiger charge is 2.43. The van der Waals surface area contributed by atoms with Gasteiger partial charge in [-0.05, 0) is 75.2 Å². The molecule has 1 aliphatic carbocycles. The van der Waals surface area contributed by atoms with Gasteiger partial charge >= 0.3 is 0 Å². The monoisotopic (exact) mass is 327 g/mol. The molecule has 3 atom stereocenters. The van der Waals surface area contributed by atoms with Gasteiger partial charge in [-0.25, -0.2) is 0 Å². The summed E-state index contributed by atoms with van der Waals surface area (Å²) in [5.41, 5.74) is 1.09. The van der Waals surface area contributed by atoms with E-state index in [1.165, 1.54) is 58.0 Å². The number of aromatic nitrogens is 1. The van der Waals surface area contributed by atoms with Crippen molar-refractivity contribution in [3.8, 4) is 0 Å². The van der Waals surface area contributed by atoms with E-state index in [-0.39, 0.29) is 0 Å². The summed E-state index contributed by atoms with van der Waals surface area (Å²) in [6.45, 7) is 3.43. The molecular weight excluding hydrogens is 298 g/mol. The topological polar surface area (TPSA) is 36.4 Å². The number of piperidine rings is 1. The second-order valence-corrected chi connectivity index (χ2v) is 7.75. The summed E-state index contributed by atoms with van der Waals surface area (Å²) in [5, 5.41) is 0. The van der Waals surface area contributed by atoms with Crippen molar-refractivity contribution in [1.82, 2.24) is 14.8 Å². The lowest BCUT2D eigenvalue weighted by molar-refractivity contribution is -0.139. The number of amides is 1. The number of nitrogens with zero attached hydrogens (tertiary/aromatic N) is 3.